The molecule has 678 valence electrons. The maximum atomic E-state index is 15.1. The molecule has 1 saturated carbocycles. The standard InChI is InChI=1S/C31H26N4O.C29H21FN4O.C28H23FN4O.C28H26N4O/c1-19-24-15-7-13-23-27(20-10-5-4-6-11-20)34-30(22-12-8-16-25-21(22)14-9-17-33-25)35-29(23)31(24,2)18-26(32-3)28(19)36;1-16-21-14-20-25(19-8-4-5-11-22(19)30)33-28(18-9-6-12-23-17(18)10-7-13-32-23)34-27(20)29(21,2)15-24(31-3)26(16)35;1-15-20-13-19-24(18-6-4-5-7-21(18)29)32-27(17-10-11-31-22(12-17)16-8-9-16)33-26(19)28(20,2)14-23(30-3)25(15)34;1-17-15-20(13-14-30-17)27-31-24(19-9-6-5-7-10-19)21-11-8-12-22-18(2)25(33)23(29-4)16-28(22,3)26(21)32-27/h4-6,8-12,14,16-19,24H,7,13,15H2,1-2H3;4-13,15-16,21H,14H2,1-2H3;4-7,10-12,14-16,20H,8-9,13H2,1-2H3;5-7,9-10,13-16,18,22H,8,11-12H2,1-3H3/t19-,24-,31-;16-,21-,29-;15-,20-,28-;18-,22-,28-/m1111/s1. The van der Waals surface area contributed by atoms with Gasteiger partial charge in [0.05, 0.1) is 82.9 Å². The number of nitrogens with zero attached hydrogens (tertiary/aromatic N) is 16. The predicted molar refractivity (Wildman–Crippen MR) is 527 cm³/mol. The number of rotatable bonds is 9. The molecule has 12 atom stereocenters. The van der Waals surface area contributed by atoms with Crippen molar-refractivity contribution >= 4 is 44.9 Å². The quantitative estimate of drug-likeness (QED) is 0.122. The SMILES string of the molecule is [C-]#[N+]C1=C[C@@]2(C)c3nc(-c4cccc5ncccc45)nc(-c4ccccc4)c3CCC[C@@H]2[C@@H](C)C1=O.[C-]#[N+]C1=C[C@@]2(C)c3nc(-c4cccc5ncccc45)nc(-c4ccccc4F)c3C[C@@H]2[C@@H](C)C1=O.[C-]#[N+]C1=C[C@@]2(C)c3nc(-c4ccnc(C)c4)nc(-c4ccccc4)c3CCC[C@@H]2[C@@H](C)C1=O.[C-]#[N+]C1=C[C@@]2(C)c3nc(-c4ccnc(C5CC5)c4)nc(-c4ccccc4F)c3C[C@@H]2[C@@H](C)C1=O. The molecule has 138 heavy (non-hydrogen) atoms. The lowest BCUT2D eigenvalue weighted by Gasteiger charge is -2.41. The van der Waals surface area contributed by atoms with Gasteiger partial charge in [0.15, 0.2) is 46.4 Å². The van der Waals surface area contributed by atoms with E-state index in [0.29, 0.717) is 64.6 Å². The Morgan fingerprint density at radius 2 is 0.688 bits per heavy atom. The molecule has 14 aromatic rings. The van der Waals surface area contributed by atoms with E-state index in [-0.39, 0.29) is 105 Å². The summed E-state index contributed by atoms with van der Waals surface area (Å²) in [6, 6.07) is 61.3. The molecule has 0 N–H and O–H groups in total. The van der Waals surface area contributed by atoms with Gasteiger partial charge in [-0.25, -0.2) is 68.0 Å². The summed E-state index contributed by atoms with van der Waals surface area (Å²) in [5.41, 5.74) is 18.9. The molecule has 23 rings (SSSR count). The highest BCUT2D eigenvalue weighted by atomic mass is 19.1. The van der Waals surface area contributed by atoms with Crippen LogP contribution in [-0.2, 0) is 66.5 Å². The first-order valence-corrected chi connectivity index (χ1v) is 47.2. The van der Waals surface area contributed by atoms with Crippen molar-refractivity contribution in [3.05, 3.63) is 380 Å². The first-order chi connectivity index (χ1) is 66.7. The molecule has 20 nitrogen and oxygen atoms in total. The summed E-state index contributed by atoms with van der Waals surface area (Å²) in [6.45, 7) is 48.5. The number of aromatic nitrogens is 12. The van der Waals surface area contributed by atoms with E-state index in [4.69, 9.17) is 66.2 Å². The van der Waals surface area contributed by atoms with Crippen molar-refractivity contribution in [2.75, 3.05) is 0 Å². The Bertz CT molecular complexity index is 7760. The number of carbonyl (C=O) groups is 4. The molecular formula is C116H96F2N16O4. The molecule has 22 heteroatoms. The maximum Gasteiger partial charge on any atom is 0.226 e. The maximum absolute atomic E-state index is 15.1. The fourth-order valence-electron chi connectivity index (χ4n) is 23.2. The molecule has 8 heterocycles. The minimum Gasteiger partial charge on any atom is -0.308 e. The molecule has 0 aliphatic heterocycles. The zero-order valence-corrected chi connectivity index (χ0v) is 77.9. The average Bonchev–Trinajstić information content (AvgIpc) is 1.52. The molecule has 0 spiro atoms. The van der Waals surface area contributed by atoms with Gasteiger partial charge in [-0.1, -0.05) is 201 Å². The lowest BCUT2D eigenvalue weighted by molar-refractivity contribution is -0.122. The number of Topliss-reactive ketones (excluding diaryl/α,β-unsaturated/α-hetero) is 4. The molecule has 0 saturated heterocycles. The Hall–Kier alpha value is -15.8. The molecule has 0 radical (unpaired) electrons. The van der Waals surface area contributed by atoms with Crippen LogP contribution in [0.5, 0.6) is 0 Å². The van der Waals surface area contributed by atoms with Crippen molar-refractivity contribution in [3.63, 3.8) is 0 Å². The van der Waals surface area contributed by atoms with Crippen LogP contribution in [0.1, 0.15) is 156 Å². The molecule has 0 amide bonds. The van der Waals surface area contributed by atoms with Gasteiger partial charge in [0.1, 0.15) is 11.6 Å². The second-order valence-electron chi connectivity index (χ2n) is 38.7. The van der Waals surface area contributed by atoms with Crippen LogP contribution in [0.4, 0.5) is 8.78 Å². The Balaban J connectivity index is 0.000000113. The Morgan fingerprint density at radius 3 is 1.10 bits per heavy atom. The third-order valence-corrected chi connectivity index (χ3v) is 30.5. The Morgan fingerprint density at radius 1 is 0.333 bits per heavy atom. The lowest BCUT2D eigenvalue weighted by atomic mass is 9.62. The van der Waals surface area contributed by atoms with E-state index in [1.807, 2.05) is 176 Å². The number of pyridine rings is 4. The lowest BCUT2D eigenvalue weighted by Crippen LogP contribution is -2.42. The third-order valence-electron chi connectivity index (χ3n) is 30.5. The highest BCUT2D eigenvalue weighted by molar-refractivity contribution is 6.03. The van der Waals surface area contributed by atoms with Gasteiger partial charge in [0.2, 0.25) is 22.8 Å². The highest BCUT2D eigenvalue weighted by Gasteiger charge is 2.56. The molecule has 1 fully saturated rings. The molecule has 0 bridgehead atoms. The number of fused-ring (bicyclic) bond motifs is 14. The van der Waals surface area contributed by atoms with Crippen LogP contribution >= 0.6 is 0 Å². The number of benzene rings is 6. The van der Waals surface area contributed by atoms with E-state index < -0.39 is 21.7 Å². The van der Waals surface area contributed by atoms with Crippen LogP contribution in [0.25, 0.3) is 132 Å². The Labute approximate surface area is 799 Å². The Kier molecular flexibility index (Phi) is 23.4. The fourth-order valence-corrected chi connectivity index (χ4v) is 23.2. The smallest absolute Gasteiger partial charge is 0.226 e. The summed E-state index contributed by atoms with van der Waals surface area (Å²) in [7, 11) is 0. The van der Waals surface area contributed by atoms with Crippen LogP contribution < -0.4 is 0 Å². The van der Waals surface area contributed by atoms with Crippen LogP contribution in [-0.4, -0.2) is 82.9 Å². The number of hydrogen-bond acceptors (Lipinski definition) is 16. The van der Waals surface area contributed by atoms with Crippen molar-refractivity contribution in [1.29, 1.82) is 0 Å². The zero-order chi connectivity index (χ0) is 96.0. The highest BCUT2D eigenvalue weighted by Crippen LogP contribution is 2.58. The fraction of sp³-hybridized carbons (Fsp3) is 0.276. The minimum atomic E-state index is -0.636. The van der Waals surface area contributed by atoms with Gasteiger partial charge in [-0.3, -0.25) is 19.9 Å². The second kappa shape index (κ2) is 35.8. The van der Waals surface area contributed by atoms with E-state index in [2.05, 4.69) is 83.5 Å². The van der Waals surface area contributed by atoms with Crippen LogP contribution in [0.15, 0.2) is 266 Å². The monoisotopic (exact) mass is 1810 g/mol. The summed E-state index contributed by atoms with van der Waals surface area (Å²) in [4.78, 5) is 124. The van der Waals surface area contributed by atoms with E-state index >= 15 is 8.78 Å². The summed E-state index contributed by atoms with van der Waals surface area (Å²) in [5, 5.41) is 1.90. The molecule has 8 aromatic heterocycles. The van der Waals surface area contributed by atoms with Crippen LogP contribution in [0, 0.1) is 92.2 Å². The zero-order valence-electron chi connectivity index (χ0n) is 77.9. The van der Waals surface area contributed by atoms with Gasteiger partial charge in [-0.2, -0.15) is 0 Å². The number of allylic oxidation sites excluding steroid dienone is 8. The summed E-state index contributed by atoms with van der Waals surface area (Å²) < 4.78 is 30.1. The first-order valence-electron chi connectivity index (χ1n) is 47.2. The van der Waals surface area contributed by atoms with Gasteiger partial charge < -0.3 is 19.2 Å². The van der Waals surface area contributed by atoms with Crippen molar-refractivity contribution in [1.82, 2.24) is 59.8 Å². The van der Waals surface area contributed by atoms with E-state index in [9.17, 15) is 19.2 Å². The third kappa shape index (κ3) is 15.6. The van der Waals surface area contributed by atoms with E-state index in [0.717, 1.165) is 174 Å². The number of carbonyl (C=O) groups excluding carboxylic acids is 4. The predicted octanol–water partition coefficient (Wildman–Crippen LogP) is 24.0. The van der Waals surface area contributed by atoms with Crippen molar-refractivity contribution in [2.24, 2.45) is 47.3 Å². The first kappa shape index (κ1) is 90.1. The van der Waals surface area contributed by atoms with Gasteiger partial charge in [0, 0.05) is 165 Å². The molecular weight excluding hydrogens is 1720 g/mol. The second-order valence-corrected chi connectivity index (χ2v) is 38.7. The van der Waals surface area contributed by atoms with Crippen molar-refractivity contribution in [2.45, 2.75) is 154 Å². The van der Waals surface area contributed by atoms with Gasteiger partial charge in [-0.15, -0.1) is 0 Å². The molecule has 0 unspecified atom stereocenters. The normalized spacial score (nSPS) is 23.9. The van der Waals surface area contributed by atoms with Crippen LogP contribution in [0.3, 0.4) is 0 Å². The largest absolute Gasteiger partial charge is 0.308 e. The topological polar surface area (TPSA) is 240 Å². The summed E-state index contributed by atoms with van der Waals surface area (Å²) >= 11 is 0. The molecule has 6 aromatic carbocycles. The number of hydrogen-bond donors (Lipinski definition) is 0. The van der Waals surface area contributed by atoms with Gasteiger partial charge >= 0.3 is 0 Å². The van der Waals surface area contributed by atoms with Crippen molar-refractivity contribution in [3.8, 4) is 90.6 Å². The number of ketones is 4. The average molecular weight is 1820 g/mol. The van der Waals surface area contributed by atoms with Gasteiger partial charge in [-0.05, 0) is 168 Å². The molecule has 9 aliphatic rings. The summed E-state index contributed by atoms with van der Waals surface area (Å²) in [6.07, 6.45) is 23.2. The molecule has 9 aliphatic carbocycles. The van der Waals surface area contributed by atoms with Gasteiger partial charge in [0.25, 0.3) is 0 Å². The number of halogens is 2. The van der Waals surface area contributed by atoms with E-state index in [1.165, 1.54) is 12.1 Å². The number of aryl methyl sites for hydroxylation is 1. The van der Waals surface area contributed by atoms with Crippen LogP contribution in [0.2, 0.25) is 0 Å². The minimum absolute atomic E-state index is 0.0433. The van der Waals surface area contributed by atoms with E-state index in [1.54, 1.807) is 73.3 Å². The summed E-state index contributed by atoms with van der Waals surface area (Å²) in [5.74, 6) is 0.641. The van der Waals surface area contributed by atoms with Crippen molar-refractivity contribution < 1.29 is 28.0 Å².